The van der Waals surface area contributed by atoms with Gasteiger partial charge in [0.15, 0.2) is 0 Å². The van der Waals surface area contributed by atoms with Gasteiger partial charge in [0.1, 0.15) is 0 Å². The molecular formula is C23H27ClN2O4S. The largest absolute Gasteiger partial charge is 0.450 e. The summed E-state index contributed by atoms with van der Waals surface area (Å²) in [5.74, 6) is 0. The predicted octanol–water partition coefficient (Wildman–Crippen LogP) is 4.67. The van der Waals surface area contributed by atoms with Gasteiger partial charge in [0.25, 0.3) is 0 Å². The maximum absolute atomic E-state index is 13.4. The highest BCUT2D eigenvalue weighted by molar-refractivity contribution is 7.89. The van der Waals surface area contributed by atoms with E-state index in [1.165, 1.54) is 16.4 Å². The lowest BCUT2D eigenvalue weighted by Crippen LogP contribution is -2.48. The fourth-order valence-electron chi connectivity index (χ4n) is 3.59. The molecule has 8 heteroatoms. The van der Waals surface area contributed by atoms with E-state index >= 15 is 0 Å². The average Bonchev–Trinajstić information content (AvgIpc) is 2.78. The summed E-state index contributed by atoms with van der Waals surface area (Å²) in [5, 5.41) is 0.484. The van der Waals surface area contributed by atoms with E-state index in [2.05, 4.69) is 0 Å². The molecule has 166 valence electrons. The summed E-state index contributed by atoms with van der Waals surface area (Å²) in [5.41, 5.74) is 1.00. The van der Waals surface area contributed by atoms with Gasteiger partial charge in [-0.15, -0.1) is 0 Å². The van der Waals surface area contributed by atoms with Crippen LogP contribution in [0.4, 0.5) is 4.79 Å². The number of carbonyl (C=O) groups is 1. The van der Waals surface area contributed by atoms with E-state index in [0.29, 0.717) is 37.6 Å². The average molecular weight is 463 g/mol. The number of ether oxygens (including phenoxy) is 1. The normalized spacial score (nSPS) is 15.5. The molecule has 0 aliphatic carbocycles. The molecule has 0 spiro atoms. The highest BCUT2D eigenvalue weighted by Crippen LogP contribution is 2.26. The molecule has 1 heterocycles. The second-order valence-electron chi connectivity index (χ2n) is 7.26. The van der Waals surface area contributed by atoms with Crippen LogP contribution in [-0.2, 0) is 14.8 Å². The summed E-state index contributed by atoms with van der Waals surface area (Å²) in [6.07, 6.45) is 4.52. The zero-order valence-electron chi connectivity index (χ0n) is 17.5. The first-order chi connectivity index (χ1) is 14.9. The van der Waals surface area contributed by atoms with Crippen LogP contribution < -0.4 is 0 Å². The van der Waals surface area contributed by atoms with Gasteiger partial charge >= 0.3 is 6.09 Å². The van der Waals surface area contributed by atoms with Crippen molar-refractivity contribution in [2.45, 2.75) is 30.7 Å². The molecule has 0 N–H and O–H groups in total. The lowest BCUT2D eigenvalue weighted by Gasteiger charge is -2.37. The summed E-state index contributed by atoms with van der Waals surface area (Å²) in [6, 6.07) is 15.7. The first-order valence-electron chi connectivity index (χ1n) is 10.3. The van der Waals surface area contributed by atoms with E-state index in [1.807, 2.05) is 42.5 Å². The van der Waals surface area contributed by atoms with Crippen LogP contribution in [0.2, 0.25) is 5.02 Å². The van der Waals surface area contributed by atoms with Crippen LogP contribution >= 0.6 is 11.6 Å². The van der Waals surface area contributed by atoms with E-state index in [9.17, 15) is 13.2 Å². The molecule has 31 heavy (non-hydrogen) atoms. The summed E-state index contributed by atoms with van der Waals surface area (Å²) in [6.45, 7) is 3.24. The van der Waals surface area contributed by atoms with E-state index in [4.69, 9.17) is 16.3 Å². The Morgan fingerprint density at radius 1 is 1.13 bits per heavy atom. The van der Waals surface area contributed by atoms with E-state index in [1.54, 1.807) is 24.0 Å². The van der Waals surface area contributed by atoms with Gasteiger partial charge in [-0.25, -0.2) is 13.2 Å². The number of likely N-dealkylation sites (tertiary alicyclic amines) is 1. The summed E-state index contributed by atoms with van der Waals surface area (Å²) in [7, 11) is -3.73. The Kier molecular flexibility index (Phi) is 8.12. The Bertz CT molecular complexity index is 986. The first kappa shape index (κ1) is 23.3. The standard InChI is InChI=1S/C23H27ClN2O4S/c1-2-30-23(27)25-17-14-21(15-18-25)26(16-6-9-19-7-4-3-5-8-19)31(28,29)22-12-10-20(24)11-13-22/h3-13,21H,2,14-18H2,1H3/b9-6+. The van der Waals surface area contributed by atoms with Gasteiger partial charge in [0.2, 0.25) is 10.0 Å². The lowest BCUT2D eigenvalue weighted by atomic mass is 10.1. The minimum Gasteiger partial charge on any atom is -0.450 e. The van der Waals surface area contributed by atoms with Crippen molar-refractivity contribution >= 4 is 33.8 Å². The molecule has 1 aliphatic heterocycles. The van der Waals surface area contributed by atoms with Gasteiger partial charge in [-0.2, -0.15) is 4.31 Å². The van der Waals surface area contributed by atoms with Crippen molar-refractivity contribution < 1.29 is 17.9 Å². The first-order valence-corrected chi connectivity index (χ1v) is 12.1. The van der Waals surface area contributed by atoms with Crippen LogP contribution in [0.3, 0.4) is 0 Å². The zero-order chi connectivity index (χ0) is 22.3. The van der Waals surface area contributed by atoms with Crippen LogP contribution in [-0.4, -0.2) is 56.0 Å². The summed E-state index contributed by atoms with van der Waals surface area (Å²) < 4.78 is 33.5. The van der Waals surface area contributed by atoms with Crippen molar-refractivity contribution in [2.75, 3.05) is 26.2 Å². The van der Waals surface area contributed by atoms with Gasteiger partial charge < -0.3 is 9.64 Å². The Morgan fingerprint density at radius 2 is 1.77 bits per heavy atom. The van der Waals surface area contributed by atoms with Gasteiger partial charge in [-0.05, 0) is 49.6 Å². The Balaban J connectivity index is 1.80. The SMILES string of the molecule is CCOC(=O)N1CCC(N(C/C=C/c2ccccc2)S(=O)(=O)c2ccc(Cl)cc2)CC1. The highest BCUT2D eigenvalue weighted by Gasteiger charge is 2.34. The van der Waals surface area contributed by atoms with Crippen molar-refractivity contribution in [3.8, 4) is 0 Å². The summed E-state index contributed by atoms with van der Waals surface area (Å²) in [4.78, 5) is 13.8. The molecule has 0 aromatic heterocycles. The fraction of sp³-hybridized carbons (Fsp3) is 0.348. The smallest absolute Gasteiger partial charge is 0.409 e. The number of benzene rings is 2. The van der Waals surface area contributed by atoms with E-state index in [-0.39, 0.29) is 23.6 Å². The number of halogens is 1. The highest BCUT2D eigenvalue weighted by atomic mass is 35.5. The van der Waals surface area contributed by atoms with Gasteiger partial charge in [0.05, 0.1) is 11.5 Å². The maximum atomic E-state index is 13.4. The lowest BCUT2D eigenvalue weighted by molar-refractivity contribution is 0.0894. The van der Waals surface area contributed by atoms with Crippen molar-refractivity contribution in [2.24, 2.45) is 0 Å². The number of piperidine rings is 1. The molecule has 1 fully saturated rings. The molecule has 2 aromatic carbocycles. The maximum Gasteiger partial charge on any atom is 0.409 e. The van der Waals surface area contributed by atoms with Crippen LogP contribution in [0, 0.1) is 0 Å². The number of amides is 1. The molecule has 3 rings (SSSR count). The topological polar surface area (TPSA) is 66.9 Å². The molecule has 0 radical (unpaired) electrons. The molecule has 1 amide bonds. The molecule has 0 bridgehead atoms. The number of hydrogen-bond donors (Lipinski definition) is 0. The predicted molar refractivity (Wildman–Crippen MR) is 122 cm³/mol. The molecule has 0 unspecified atom stereocenters. The van der Waals surface area contributed by atoms with E-state index < -0.39 is 10.0 Å². The Morgan fingerprint density at radius 3 is 2.39 bits per heavy atom. The second kappa shape index (κ2) is 10.8. The van der Waals surface area contributed by atoms with Crippen molar-refractivity contribution in [3.05, 3.63) is 71.3 Å². The molecule has 1 aliphatic rings. The van der Waals surface area contributed by atoms with Crippen molar-refractivity contribution in [1.82, 2.24) is 9.21 Å². The third kappa shape index (κ3) is 6.09. The number of hydrogen-bond acceptors (Lipinski definition) is 4. The van der Waals surface area contributed by atoms with Gasteiger partial charge in [0, 0.05) is 30.7 Å². The van der Waals surface area contributed by atoms with Crippen molar-refractivity contribution in [1.29, 1.82) is 0 Å². The quantitative estimate of drug-likeness (QED) is 0.600. The third-order valence-electron chi connectivity index (χ3n) is 5.21. The monoisotopic (exact) mass is 462 g/mol. The molecule has 0 saturated carbocycles. The third-order valence-corrected chi connectivity index (χ3v) is 7.40. The summed E-state index contributed by atoms with van der Waals surface area (Å²) >= 11 is 5.94. The van der Waals surface area contributed by atoms with Crippen molar-refractivity contribution in [3.63, 3.8) is 0 Å². The zero-order valence-corrected chi connectivity index (χ0v) is 19.1. The molecular weight excluding hydrogens is 436 g/mol. The van der Waals surface area contributed by atoms with Crippen LogP contribution in [0.15, 0.2) is 65.6 Å². The number of rotatable bonds is 7. The van der Waals surface area contributed by atoms with Crippen LogP contribution in [0.5, 0.6) is 0 Å². The number of nitrogens with zero attached hydrogens (tertiary/aromatic N) is 2. The Hall–Kier alpha value is -2.35. The van der Waals surface area contributed by atoms with Crippen LogP contribution in [0.25, 0.3) is 6.08 Å². The molecule has 1 saturated heterocycles. The molecule has 6 nitrogen and oxygen atoms in total. The second-order valence-corrected chi connectivity index (χ2v) is 9.59. The minimum absolute atomic E-state index is 0.206. The molecule has 0 atom stereocenters. The minimum atomic E-state index is -3.73. The number of sulfonamides is 1. The number of carbonyl (C=O) groups excluding carboxylic acids is 1. The van der Waals surface area contributed by atoms with Gasteiger partial charge in [-0.3, -0.25) is 0 Å². The van der Waals surface area contributed by atoms with Gasteiger partial charge in [-0.1, -0.05) is 54.1 Å². The van der Waals surface area contributed by atoms with E-state index in [0.717, 1.165) is 5.56 Å². The Labute approximate surface area is 189 Å². The van der Waals surface area contributed by atoms with Crippen LogP contribution in [0.1, 0.15) is 25.3 Å². The molecule has 2 aromatic rings. The fourth-order valence-corrected chi connectivity index (χ4v) is 5.36.